The molecule has 0 bridgehead atoms. The van der Waals surface area contributed by atoms with Crippen LogP contribution in [0.3, 0.4) is 0 Å². The Morgan fingerprint density at radius 2 is 2.00 bits per heavy atom. The molecule has 1 rings (SSSR count). The number of rotatable bonds is 4. The van der Waals surface area contributed by atoms with Crippen molar-refractivity contribution in [2.24, 2.45) is 0 Å². The Morgan fingerprint density at radius 1 is 1.31 bits per heavy atom. The summed E-state index contributed by atoms with van der Waals surface area (Å²) in [6, 6.07) is 6.51. The maximum absolute atomic E-state index is 12.5. The molecule has 1 aromatic rings. The van der Waals surface area contributed by atoms with E-state index in [0.29, 0.717) is 0 Å². The zero-order chi connectivity index (χ0) is 9.52. The van der Waals surface area contributed by atoms with Crippen molar-refractivity contribution in [2.45, 2.75) is 19.9 Å². The minimum atomic E-state index is -0.187. The van der Waals surface area contributed by atoms with Gasteiger partial charge in [0.15, 0.2) is 0 Å². The highest BCUT2D eigenvalue weighted by atomic mass is 19.1. The van der Waals surface area contributed by atoms with E-state index in [9.17, 15) is 4.39 Å². The summed E-state index contributed by atoms with van der Waals surface area (Å²) in [6.07, 6.45) is 4.99. The van der Waals surface area contributed by atoms with Gasteiger partial charge in [0.2, 0.25) is 0 Å². The van der Waals surface area contributed by atoms with Gasteiger partial charge in [0.05, 0.1) is 0 Å². The summed E-state index contributed by atoms with van der Waals surface area (Å²) in [5, 5.41) is 3.12. The smallest absolute Gasteiger partial charge is 0.123 e. The monoisotopic (exact) mass is 179 g/mol. The van der Waals surface area contributed by atoms with Crippen LogP contribution in [0.1, 0.15) is 18.9 Å². The molecule has 0 aromatic heterocycles. The third-order valence-corrected chi connectivity index (χ3v) is 1.69. The van der Waals surface area contributed by atoms with Crippen LogP contribution in [-0.4, -0.2) is 0 Å². The predicted molar refractivity (Wildman–Crippen MR) is 52.7 cm³/mol. The Kier molecular flexibility index (Phi) is 4.03. The van der Waals surface area contributed by atoms with Gasteiger partial charge in [-0.2, -0.15) is 0 Å². The fraction of sp³-hybridized carbons (Fsp3) is 0.273. The summed E-state index contributed by atoms with van der Waals surface area (Å²) in [5.41, 5.74) is 1.09. The lowest BCUT2D eigenvalue weighted by Gasteiger charge is -2.00. The van der Waals surface area contributed by atoms with Crippen molar-refractivity contribution in [1.29, 1.82) is 0 Å². The molecule has 0 aliphatic heterocycles. The summed E-state index contributed by atoms with van der Waals surface area (Å²) >= 11 is 0. The normalized spacial score (nSPS) is 10.6. The van der Waals surface area contributed by atoms with Crippen LogP contribution in [0, 0.1) is 5.82 Å². The van der Waals surface area contributed by atoms with Gasteiger partial charge in [-0.3, -0.25) is 0 Å². The lowest BCUT2D eigenvalue weighted by Crippen LogP contribution is -2.03. The lowest BCUT2D eigenvalue weighted by molar-refractivity contribution is 0.626. The molecular weight excluding hydrogens is 165 g/mol. The SMILES string of the molecule is CC/C=C/NCc1ccc(F)cc1. The number of hydrogen-bond acceptors (Lipinski definition) is 1. The molecule has 1 nitrogen and oxygen atoms in total. The standard InChI is InChI=1S/C11H14FN/c1-2-3-8-13-9-10-4-6-11(12)7-5-10/h3-8,13H,2,9H2,1H3/b8-3+. The molecule has 0 aliphatic rings. The molecule has 0 saturated carbocycles. The van der Waals surface area contributed by atoms with Crippen molar-refractivity contribution in [2.75, 3.05) is 0 Å². The first-order chi connectivity index (χ1) is 6.33. The molecule has 1 aromatic carbocycles. The molecule has 0 heterocycles. The Morgan fingerprint density at radius 3 is 2.62 bits per heavy atom. The Hall–Kier alpha value is -1.31. The van der Waals surface area contributed by atoms with E-state index in [1.165, 1.54) is 12.1 Å². The van der Waals surface area contributed by atoms with E-state index < -0.39 is 0 Å². The molecule has 2 heteroatoms. The average Bonchev–Trinajstić information content (AvgIpc) is 2.15. The van der Waals surface area contributed by atoms with Crippen LogP contribution in [-0.2, 0) is 6.54 Å². The number of allylic oxidation sites excluding steroid dienone is 1. The molecule has 0 radical (unpaired) electrons. The Labute approximate surface area is 78.3 Å². The first kappa shape index (κ1) is 9.78. The second-order valence-corrected chi connectivity index (χ2v) is 2.82. The largest absolute Gasteiger partial charge is 0.387 e. The van der Waals surface area contributed by atoms with Gasteiger partial charge in [-0.1, -0.05) is 25.1 Å². The third-order valence-electron chi connectivity index (χ3n) is 1.69. The van der Waals surface area contributed by atoms with Gasteiger partial charge >= 0.3 is 0 Å². The number of nitrogens with one attached hydrogen (secondary N) is 1. The Balaban J connectivity index is 2.37. The van der Waals surface area contributed by atoms with Crippen molar-refractivity contribution >= 4 is 0 Å². The highest BCUT2D eigenvalue weighted by molar-refractivity contribution is 5.15. The van der Waals surface area contributed by atoms with Crippen molar-refractivity contribution in [3.63, 3.8) is 0 Å². The molecule has 0 atom stereocenters. The van der Waals surface area contributed by atoms with Gasteiger partial charge in [0, 0.05) is 6.54 Å². The second-order valence-electron chi connectivity index (χ2n) is 2.82. The molecule has 0 saturated heterocycles. The topological polar surface area (TPSA) is 12.0 Å². The van der Waals surface area contributed by atoms with Gasteiger partial charge in [-0.25, -0.2) is 4.39 Å². The Bertz CT molecular complexity index is 264. The van der Waals surface area contributed by atoms with Gasteiger partial charge in [0.25, 0.3) is 0 Å². The number of benzene rings is 1. The minimum Gasteiger partial charge on any atom is -0.387 e. The summed E-state index contributed by atoms with van der Waals surface area (Å²) in [5.74, 6) is -0.187. The molecule has 13 heavy (non-hydrogen) atoms. The van der Waals surface area contributed by atoms with Gasteiger partial charge < -0.3 is 5.32 Å². The summed E-state index contributed by atoms with van der Waals surface area (Å²) in [7, 11) is 0. The molecular formula is C11H14FN. The van der Waals surface area contributed by atoms with Crippen LogP contribution in [0.5, 0.6) is 0 Å². The van der Waals surface area contributed by atoms with Crippen LogP contribution < -0.4 is 5.32 Å². The molecule has 0 amide bonds. The van der Waals surface area contributed by atoms with E-state index in [4.69, 9.17) is 0 Å². The van der Waals surface area contributed by atoms with Crippen molar-refractivity contribution in [1.82, 2.24) is 5.32 Å². The van der Waals surface area contributed by atoms with Crippen LogP contribution in [0.4, 0.5) is 4.39 Å². The molecule has 0 aliphatic carbocycles. The molecule has 70 valence electrons. The predicted octanol–water partition coefficient (Wildman–Crippen LogP) is 2.84. The summed E-state index contributed by atoms with van der Waals surface area (Å²) in [6.45, 7) is 2.83. The van der Waals surface area contributed by atoms with Crippen molar-refractivity contribution in [3.05, 3.63) is 47.9 Å². The van der Waals surface area contributed by atoms with Crippen molar-refractivity contribution < 1.29 is 4.39 Å². The number of halogens is 1. The molecule has 0 fully saturated rings. The van der Waals surface area contributed by atoms with Crippen LogP contribution in [0.2, 0.25) is 0 Å². The lowest BCUT2D eigenvalue weighted by atomic mass is 10.2. The van der Waals surface area contributed by atoms with Crippen LogP contribution in [0.25, 0.3) is 0 Å². The maximum atomic E-state index is 12.5. The first-order valence-corrected chi connectivity index (χ1v) is 4.45. The van der Waals surface area contributed by atoms with Crippen molar-refractivity contribution in [3.8, 4) is 0 Å². The second kappa shape index (κ2) is 5.36. The minimum absolute atomic E-state index is 0.187. The quantitative estimate of drug-likeness (QED) is 0.749. The summed E-state index contributed by atoms with van der Waals surface area (Å²) < 4.78 is 12.5. The fourth-order valence-corrected chi connectivity index (χ4v) is 0.980. The van der Waals surface area contributed by atoms with Gasteiger partial charge in [0.1, 0.15) is 5.82 Å². The zero-order valence-corrected chi connectivity index (χ0v) is 7.76. The maximum Gasteiger partial charge on any atom is 0.123 e. The molecule has 0 unspecified atom stereocenters. The molecule has 0 spiro atoms. The van der Waals surface area contributed by atoms with Crippen LogP contribution in [0.15, 0.2) is 36.5 Å². The van der Waals surface area contributed by atoms with E-state index in [1.54, 1.807) is 12.1 Å². The first-order valence-electron chi connectivity index (χ1n) is 4.45. The summed E-state index contributed by atoms with van der Waals surface area (Å²) in [4.78, 5) is 0. The van der Waals surface area contributed by atoms with E-state index >= 15 is 0 Å². The highest BCUT2D eigenvalue weighted by Gasteiger charge is 1.90. The van der Waals surface area contributed by atoms with E-state index in [2.05, 4.69) is 12.2 Å². The average molecular weight is 179 g/mol. The molecule has 1 N–H and O–H groups in total. The van der Waals surface area contributed by atoms with E-state index in [1.807, 2.05) is 12.3 Å². The highest BCUT2D eigenvalue weighted by Crippen LogP contribution is 2.01. The van der Waals surface area contributed by atoms with Gasteiger partial charge in [-0.15, -0.1) is 0 Å². The van der Waals surface area contributed by atoms with Gasteiger partial charge in [-0.05, 0) is 30.3 Å². The van der Waals surface area contributed by atoms with Crippen LogP contribution >= 0.6 is 0 Å². The third kappa shape index (κ3) is 3.74. The fourth-order valence-electron chi connectivity index (χ4n) is 0.980. The van der Waals surface area contributed by atoms with E-state index in [0.717, 1.165) is 18.5 Å². The zero-order valence-electron chi connectivity index (χ0n) is 7.76. The number of hydrogen-bond donors (Lipinski definition) is 1. The van der Waals surface area contributed by atoms with E-state index in [-0.39, 0.29) is 5.82 Å².